The smallest absolute Gasteiger partial charge is 0.222 e. The molecule has 1 heterocycles. The van der Waals surface area contributed by atoms with Crippen molar-refractivity contribution in [1.82, 2.24) is 4.90 Å². The highest BCUT2D eigenvalue weighted by atomic mass is 16.3. The number of likely N-dealkylation sites (tertiary alicyclic amines) is 1. The normalized spacial score (nSPS) is 27.4. The van der Waals surface area contributed by atoms with E-state index >= 15 is 0 Å². The van der Waals surface area contributed by atoms with Crippen molar-refractivity contribution in [2.45, 2.75) is 52.2 Å². The van der Waals surface area contributed by atoms with Gasteiger partial charge in [0.25, 0.3) is 0 Å². The average molecular weight is 199 g/mol. The van der Waals surface area contributed by atoms with Crippen LogP contribution in [0.5, 0.6) is 0 Å². The Kier molecular flexibility index (Phi) is 3.93. The molecule has 0 saturated carbocycles. The third-order valence-electron chi connectivity index (χ3n) is 2.81. The molecule has 1 fully saturated rings. The number of rotatable bonds is 3. The Labute approximate surface area is 86.1 Å². The summed E-state index contributed by atoms with van der Waals surface area (Å²) in [4.78, 5) is 13.5. The van der Waals surface area contributed by atoms with Gasteiger partial charge in [0.15, 0.2) is 0 Å². The standard InChI is InChI=1S/C11H21NO2/c1-8(2)4-5-11(14)12-7-10(13)6-9(12)3/h8-10,13H,4-7H2,1-3H3. The fraction of sp³-hybridized carbons (Fsp3) is 0.909. The van der Waals surface area contributed by atoms with Gasteiger partial charge in [-0.05, 0) is 25.7 Å². The summed E-state index contributed by atoms with van der Waals surface area (Å²) < 4.78 is 0. The molecular weight excluding hydrogens is 178 g/mol. The van der Waals surface area contributed by atoms with Gasteiger partial charge in [-0.15, -0.1) is 0 Å². The van der Waals surface area contributed by atoms with Crippen LogP contribution in [0.4, 0.5) is 0 Å². The zero-order valence-electron chi connectivity index (χ0n) is 9.36. The summed E-state index contributed by atoms with van der Waals surface area (Å²) in [5.74, 6) is 0.768. The summed E-state index contributed by atoms with van der Waals surface area (Å²) >= 11 is 0. The van der Waals surface area contributed by atoms with E-state index in [0.717, 1.165) is 12.8 Å². The second kappa shape index (κ2) is 4.78. The van der Waals surface area contributed by atoms with Crippen LogP contribution < -0.4 is 0 Å². The first-order valence-electron chi connectivity index (χ1n) is 5.48. The van der Waals surface area contributed by atoms with Gasteiger partial charge >= 0.3 is 0 Å². The largest absolute Gasteiger partial charge is 0.391 e. The zero-order chi connectivity index (χ0) is 10.7. The molecular formula is C11H21NO2. The molecule has 0 aromatic rings. The highest BCUT2D eigenvalue weighted by Gasteiger charge is 2.30. The van der Waals surface area contributed by atoms with Crippen molar-refractivity contribution in [3.63, 3.8) is 0 Å². The van der Waals surface area contributed by atoms with Gasteiger partial charge in [-0.2, -0.15) is 0 Å². The summed E-state index contributed by atoms with van der Waals surface area (Å²) in [6.07, 6.45) is 1.98. The number of hydrogen-bond acceptors (Lipinski definition) is 2. The molecule has 1 saturated heterocycles. The first-order valence-corrected chi connectivity index (χ1v) is 5.48. The first kappa shape index (κ1) is 11.5. The predicted molar refractivity (Wildman–Crippen MR) is 55.9 cm³/mol. The number of hydrogen-bond donors (Lipinski definition) is 1. The summed E-state index contributed by atoms with van der Waals surface area (Å²) in [5.41, 5.74) is 0. The van der Waals surface area contributed by atoms with Gasteiger partial charge in [-0.25, -0.2) is 0 Å². The molecule has 0 aliphatic carbocycles. The van der Waals surface area contributed by atoms with E-state index in [9.17, 15) is 9.90 Å². The third-order valence-corrected chi connectivity index (χ3v) is 2.81. The first-order chi connectivity index (χ1) is 6.50. The number of carbonyl (C=O) groups excluding carboxylic acids is 1. The number of aliphatic hydroxyl groups excluding tert-OH is 1. The Morgan fingerprint density at radius 2 is 2.21 bits per heavy atom. The Morgan fingerprint density at radius 1 is 1.57 bits per heavy atom. The topological polar surface area (TPSA) is 40.5 Å². The number of amides is 1. The van der Waals surface area contributed by atoms with Crippen molar-refractivity contribution >= 4 is 5.91 Å². The lowest BCUT2D eigenvalue weighted by atomic mass is 10.1. The molecule has 2 unspecified atom stereocenters. The van der Waals surface area contributed by atoms with E-state index < -0.39 is 0 Å². The number of carbonyl (C=O) groups is 1. The van der Waals surface area contributed by atoms with Crippen LogP contribution in [0.25, 0.3) is 0 Å². The molecule has 1 aliphatic heterocycles. The van der Waals surface area contributed by atoms with Crippen molar-refractivity contribution < 1.29 is 9.90 Å². The van der Waals surface area contributed by atoms with Gasteiger partial charge in [-0.1, -0.05) is 13.8 Å². The highest BCUT2D eigenvalue weighted by Crippen LogP contribution is 2.19. The SMILES string of the molecule is CC(C)CCC(=O)N1CC(O)CC1C. The van der Waals surface area contributed by atoms with Crippen molar-refractivity contribution in [2.24, 2.45) is 5.92 Å². The van der Waals surface area contributed by atoms with Crippen LogP contribution in [0.15, 0.2) is 0 Å². The maximum atomic E-state index is 11.7. The summed E-state index contributed by atoms with van der Waals surface area (Å²) in [6.45, 7) is 6.77. The van der Waals surface area contributed by atoms with E-state index in [-0.39, 0.29) is 18.1 Å². The average Bonchev–Trinajstić information content (AvgIpc) is 2.41. The van der Waals surface area contributed by atoms with E-state index in [4.69, 9.17) is 0 Å². The summed E-state index contributed by atoms with van der Waals surface area (Å²) in [7, 11) is 0. The molecule has 1 rings (SSSR count). The van der Waals surface area contributed by atoms with Crippen molar-refractivity contribution in [3.8, 4) is 0 Å². The van der Waals surface area contributed by atoms with Gasteiger partial charge in [0.1, 0.15) is 0 Å². The van der Waals surface area contributed by atoms with Crippen LogP contribution in [0.3, 0.4) is 0 Å². The summed E-state index contributed by atoms with van der Waals surface area (Å²) in [6, 6.07) is 0.213. The minimum absolute atomic E-state index is 0.197. The Hall–Kier alpha value is -0.570. The molecule has 1 amide bonds. The van der Waals surface area contributed by atoms with Crippen molar-refractivity contribution in [2.75, 3.05) is 6.54 Å². The monoisotopic (exact) mass is 199 g/mol. The van der Waals surface area contributed by atoms with Crippen LogP contribution in [0, 0.1) is 5.92 Å². The van der Waals surface area contributed by atoms with E-state index in [0.29, 0.717) is 18.9 Å². The van der Waals surface area contributed by atoms with E-state index in [1.807, 2.05) is 11.8 Å². The fourth-order valence-corrected chi connectivity index (χ4v) is 1.91. The molecule has 3 heteroatoms. The molecule has 0 aromatic carbocycles. The minimum atomic E-state index is -0.312. The van der Waals surface area contributed by atoms with Crippen LogP contribution in [0.2, 0.25) is 0 Å². The quantitative estimate of drug-likeness (QED) is 0.746. The maximum Gasteiger partial charge on any atom is 0.222 e. The molecule has 0 radical (unpaired) electrons. The number of β-amino-alcohol motifs (C(OH)–C–C–N with tert-alkyl or cyclic N) is 1. The lowest BCUT2D eigenvalue weighted by Gasteiger charge is -2.21. The number of aliphatic hydroxyl groups is 1. The molecule has 0 bridgehead atoms. The Bertz CT molecular complexity index is 203. The van der Waals surface area contributed by atoms with Gasteiger partial charge in [0, 0.05) is 19.0 Å². The van der Waals surface area contributed by atoms with Crippen LogP contribution in [-0.2, 0) is 4.79 Å². The van der Waals surface area contributed by atoms with Crippen LogP contribution >= 0.6 is 0 Å². The molecule has 3 nitrogen and oxygen atoms in total. The van der Waals surface area contributed by atoms with Crippen molar-refractivity contribution in [3.05, 3.63) is 0 Å². The van der Waals surface area contributed by atoms with Crippen LogP contribution in [0.1, 0.15) is 40.0 Å². The molecule has 1 N–H and O–H groups in total. The van der Waals surface area contributed by atoms with Gasteiger partial charge in [-0.3, -0.25) is 4.79 Å². The lowest BCUT2D eigenvalue weighted by Crippen LogP contribution is -2.34. The third kappa shape index (κ3) is 2.98. The van der Waals surface area contributed by atoms with E-state index in [1.165, 1.54) is 0 Å². The molecule has 1 aliphatic rings. The maximum absolute atomic E-state index is 11.7. The fourth-order valence-electron chi connectivity index (χ4n) is 1.91. The van der Waals surface area contributed by atoms with E-state index in [1.54, 1.807) is 0 Å². The predicted octanol–water partition coefficient (Wildman–Crippen LogP) is 1.40. The second-order valence-electron chi connectivity index (χ2n) is 4.72. The second-order valence-corrected chi connectivity index (χ2v) is 4.72. The molecule has 0 spiro atoms. The zero-order valence-corrected chi connectivity index (χ0v) is 9.36. The lowest BCUT2D eigenvalue weighted by molar-refractivity contribution is -0.132. The molecule has 0 aromatic heterocycles. The van der Waals surface area contributed by atoms with Gasteiger partial charge in [0.05, 0.1) is 6.10 Å². The van der Waals surface area contributed by atoms with Gasteiger partial charge in [0.2, 0.25) is 5.91 Å². The Morgan fingerprint density at radius 3 is 2.64 bits per heavy atom. The molecule has 82 valence electrons. The number of nitrogens with zero attached hydrogens (tertiary/aromatic N) is 1. The van der Waals surface area contributed by atoms with Gasteiger partial charge < -0.3 is 10.0 Å². The van der Waals surface area contributed by atoms with Crippen molar-refractivity contribution in [1.29, 1.82) is 0 Å². The van der Waals surface area contributed by atoms with E-state index in [2.05, 4.69) is 13.8 Å². The van der Waals surface area contributed by atoms with Crippen LogP contribution in [-0.4, -0.2) is 34.6 Å². The summed E-state index contributed by atoms with van der Waals surface area (Å²) in [5, 5.41) is 9.40. The Balaban J connectivity index is 2.37. The minimum Gasteiger partial charge on any atom is -0.391 e. The molecule has 2 atom stereocenters. The molecule has 14 heavy (non-hydrogen) atoms. The highest BCUT2D eigenvalue weighted by molar-refractivity contribution is 5.76.